The lowest BCUT2D eigenvalue weighted by molar-refractivity contribution is 0.425. The molecule has 0 bridgehead atoms. The first kappa shape index (κ1) is 19.7. The first-order chi connectivity index (χ1) is 15.6. The number of nitrogen functional groups attached to an aromatic ring is 1. The Morgan fingerprint density at radius 3 is 2.59 bits per heavy atom. The number of anilines is 2. The number of nitrogens with two attached hydrogens (primary N) is 1. The van der Waals surface area contributed by atoms with Crippen LogP contribution in [0.5, 0.6) is 0 Å². The van der Waals surface area contributed by atoms with Crippen LogP contribution >= 0.6 is 0 Å². The van der Waals surface area contributed by atoms with Gasteiger partial charge in [-0.2, -0.15) is 0 Å². The molecule has 2 aromatic carbocycles. The molecule has 5 rings (SSSR count). The van der Waals surface area contributed by atoms with Gasteiger partial charge < -0.3 is 15.6 Å². The summed E-state index contributed by atoms with van der Waals surface area (Å²) in [5.41, 5.74) is 11.6. The van der Waals surface area contributed by atoms with Crippen LogP contribution in [0, 0.1) is 13.8 Å². The zero-order chi connectivity index (χ0) is 22.1. The van der Waals surface area contributed by atoms with Crippen LogP contribution in [0.4, 0.5) is 11.6 Å². The summed E-state index contributed by atoms with van der Waals surface area (Å²) in [5.74, 6) is 1.15. The van der Waals surface area contributed by atoms with E-state index < -0.39 is 0 Å². The minimum atomic E-state index is 0.453. The maximum Gasteiger partial charge on any atom is 0.223 e. The molecule has 0 aliphatic rings. The maximum atomic E-state index is 5.90. The highest BCUT2D eigenvalue weighted by atomic mass is 16.5. The van der Waals surface area contributed by atoms with Crippen molar-refractivity contribution in [3.05, 3.63) is 83.8 Å². The molecule has 7 nitrogen and oxygen atoms in total. The molecule has 0 aliphatic carbocycles. The molecule has 7 heteroatoms. The molecule has 158 valence electrons. The van der Waals surface area contributed by atoms with E-state index in [1.165, 1.54) is 5.39 Å². The third-order valence-corrected chi connectivity index (χ3v) is 5.49. The van der Waals surface area contributed by atoms with E-state index in [1.54, 1.807) is 6.20 Å². The monoisotopic (exact) mass is 422 g/mol. The van der Waals surface area contributed by atoms with Crippen molar-refractivity contribution in [1.82, 2.24) is 20.1 Å². The molecule has 0 saturated carbocycles. The zero-order valence-electron chi connectivity index (χ0n) is 17.8. The Labute approximate surface area is 185 Å². The lowest BCUT2D eigenvalue weighted by Crippen LogP contribution is -2.06. The van der Waals surface area contributed by atoms with Gasteiger partial charge in [-0.15, -0.1) is 0 Å². The average Bonchev–Trinajstić information content (AvgIpc) is 3.19. The van der Waals surface area contributed by atoms with Crippen LogP contribution in [0.25, 0.3) is 33.5 Å². The fraction of sp³-hybridized carbons (Fsp3) is 0.120. The summed E-state index contributed by atoms with van der Waals surface area (Å²) in [6, 6.07) is 20.1. The van der Waals surface area contributed by atoms with Crippen molar-refractivity contribution < 1.29 is 4.52 Å². The van der Waals surface area contributed by atoms with E-state index in [4.69, 9.17) is 15.2 Å². The molecule has 0 unspecified atom stereocenters. The van der Waals surface area contributed by atoms with Crippen LogP contribution < -0.4 is 11.1 Å². The number of hydrogen-bond donors (Lipinski definition) is 2. The van der Waals surface area contributed by atoms with Crippen molar-refractivity contribution in [2.24, 2.45) is 0 Å². The molecule has 0 spiro atoms. The summed E-state index contributed by atoms with van der Waals surface area (Å²) in [4.78, 5) is 13.7. The van der Waals surface area contributed by atoms with Gasteiger partial charge in [0.05, 0.1) is 22.8 Å². The van der Waals surface area contributed by atoms with Crippen molar-refractivity contribution >= 4 is 22.4 Å². The van der Waals surface area contributed by atoms with Gasteiger partial charge in [0.25, 0.3) is 0 Å². The predicted molar refractivity (Wildman–Crippen MR) is 126 cm³/mol. The van der Waals surface area contributed by atoms with Crippen LogP contribution in [0.15, 0.2) is 71.4 Å². The van der Waals surface area contributed by atoms with Gasteiger partial charge >= 0.3 is 0 Å². The van der Waals surface area contributed by atoms with Crippen molar-refractivity contribution in [3.63, 3.8) is 0 Å². The van der Waals surface area contributed by atoms with Gasteiger partial charge in [0.15, 0.2) is 5.76 Å². The highest BCUT2D eigenvalue weighted by molar-refractivity contribution is 5.95. The molecule has 0 atom stereocenters. The Kier molecular flexibility index (Phi) is 4.99. The van der Waals surface area contributed by atoms with E-state index in [0.717, 1.165) is 33.6 Å². The van der Waals surface area contributed by atoms with Crippen LogP contribution in [0.1, 0.15) is 17.0 Å². The van der Waals surface area contributed by atoms with Gasteiger partial charge in [-0.1, -0.05) is 47.6 Å². The Morgan fingerprint density at radius 2 is 1.72 bits per heavy atom. The quantitative estimate of drug-likeness (QED) is 0.403. The van der Waals surface area contributed by atoms with E-state index >= 15 is 0 Å². The van der Waals surface area contributed by atoms with E-state index in [9.17, 15) is 0 Å². The standard InChI is InChI=1S/C25H22N6O/c1-15-20(24(32-31-15)23-11-10-21(26)16(2)29-23)14-28-25-27-13-12-22(30-25)19-9-5-7-17-6-3-4-8-18(17)19/h3-13H,14,26H2,1-2H3,(H,27,28,30). The van der Waals surface area contributed by atoms with Crippen molar-refractivity contribution in [3.8, 4) is 22.7 Å². The number of fused-ring (bicyclic) bond motifs is 1. The summed E-state index contributed by atoms with van der Waals surface area (Å²) in [7, 11) is 0. The SMILES string of the molecule is Cc1nc(-c2onc(C)c2CNc2nccc(-c3cccc4ccccc34)n2)ccc1N. The topological polar surface area (TPSA) is 103 Å². The molecule has 3 aromatic heterocycles. The number of aromatic nitrogens is 4. The Bertz CT molecular complexity index is 1420. The Balaban J connectivity index is 1.43. The smallest absolute Gasteiger partial charge is 0.223 e. The molecule has 3 heterocycles. The summed E-state index contributed by atoms with van der Waals surface area (Å²) < 4.78 is 5.57. The van der Waals surface area contributed by atoms with Crippen molar-refractivity contribution in [1.29, 1.82) is 0 Å². The Hall–Kier alpha value is -4.26. The van der Waals surface area contributed by atoms with Crippen LogP contribution in [-0.2, 0) is 6.54 Å². The number of nitrogens with one attached hydrogen (secondary N) is 1. The first-order valence-electron chi connectivity index (χ1n) is 10.3. The van der Waals surface area contributed by atoms with E-state index in [1.807, 2.05) is 50.2 Å². The third kappa shape index (κ3) is 3.65. The molecule has 5 aromatic rings. The lowest BCUT2D eigenvalue weighted by atomic mass is 10.0. The lowest BCUT2D eigenvalue weighted by Gasteiger charge is -2.09. The third-order valence-electron chi connectivity index (χ3n) is 5.49. The molecule has 0 saturated heterocycles. The molecule has 0 aliphatic heterocycles. The summed E-state index contributed by atoms with van der Waals surface area (Å²) >= 11 is 0. The molecule has 0 fully saturated rings. The highest BCUT2D eigenvalue weighted by Gasteiger charge is 2.17. The number of aryl methyl sites for hydroxylation is 2. The van der Waals surface area contributed by atoms with E-state index in [-0.39, 0.29) is 0 Å². The maximum absolute atomic E-state index is 5.90. The zero-order valence-corrected chi connectivity index (χ0v) is 17.8. The van der Waals surface area contributed by atoms with Gasteiger partial charge in [0.2, 0.25) is 5.95 Å². The van der Waals surface area contributed by atoms with Crippen molar-refractivity contribution in [2.45, 2.75) is 20.4 Å². The number of hydrogen-bond acceptors (Lipinski definition) is 7. The highest BCUT2D eigenvalue weighted by Crippen LogP contribution is 2.29. The number of benzene rings is 2. The van der Waals surface area contributed by atoms with Gasteiger partial charge in [-0.25, -0.2) is 15.0 Å². The number of rotatable bonds is 5. The summed E-state index contributed by atoms with van der Waals surface area (Å²) in [6.45, 7) is 4.23. The second-order valence-corrected chi connectivity index (χ2v) is 7.59. The van der Waals surface area contributed by atoms with Crippen LogP contribution in [0.2, 0.25) is 0 Å². The molecule has 3 N–H and O–H groups in total. The Morgan fingerprint density at radius 1 is 0.875 bits per heavy atom. The van der Waals surface area contributed by atoms with E-state index in [2.05, 4.69) is 44.7 Å². The van der Waals surface area contributed by atoms with Crippen LogP contribution in [0.3, 0.4) is 0 Å². The van der Waals surface area contributed by atoms with Gasteiger partial charge in [-0.3, -0.25) is 0 Å². The molecular weight excluding hydrogens is 400 g/mol. The average molecular weight is 422 g/mol. The second kappa shape index (κ2) is 8.11. The summed E-state index contributed by atoms with van der Waals surface area (Å²) in [6.07, 6.45) is 1.76. The number of nitrogens with zero attached hydrogens (tertiary/aromatic N) is 4. The molecular formula is C25H22N6O. The second-order valence-electron chi connectivity index (χ2n) is 7.59. The fourth-order valence-electron chi connectivity index (χ4n) is 3.71. The predicted octanol–water partition coefficient (Wildman–Crippen LogP) is 5.16. The molecule has 0 radical (unpaired) electrons. The van der Waals surface area contributed by atoms with Gasteiger partial charge in [0, 0.05) is 23.9 Å². The normalized spacial score (nSPS) is 11.1. The first-order valence-corrected chi connectivity index (χ1v) is 10.3. The largest absolute Gasteiger partial charge is 0.397 e. The van der Waals surface area contributed by atoms with Gasteiger partial charge in [0.1, 0.15) is 5.69 Å². The summed E-state index contributed by atoms with van der Waals surface area (Å²) in [5, 5.41) is 9.77. The van der Waals surface area contributed by atoms with Crippen LogP contribution in [-0.4, -0.2) is 20.1 Å². The van der Waals surface area contributed by atoms with E-state index in [0.29, 0.717) is 29.6 Å². The minimum Gasteiger partial charge on any atom is -0.397 e. The van der Waals surface area contributed by atoms with Crippen molar-refractivity contribution in [2.75, 3.05) is 11.1 Å². The molecule has 0 amide bonds. The molecule has 32 heavy (non-hydrogen) atoms. The minimum absolute atomic E-state index is 0.453. The fourth-order valence-corrected chi connectivity index (χ4v) is 3.71. The number of pyridine rings is 1. The van der Waals surface area contributed by atoms with Gasteiger partial charge in [-0.05, 0) is 42.8 Å².